The van der Waals surface area contributed by atoms with Crippen molar-refractivity contribution < 1.29 is 9.53 Å². The van der Waals surface area contributed by atoms with Crippen molar-refractivity contribution in [3.63, 3.8) is 0 Å². The minimum absolute atomic E-state index is 0.00410. The predicted molar refractivity (Wildman–Crippen MR) is 62.7 cm³/mol. The molecule has 1 aliphatic rings. The SMILES string of the molecule is COC(=O)c1c(Cl)ccc2c1CCCC2N. The van der Waals surface area contributed by atoms with Crippen LogP contribution in [-0.2, 0) is 11.2 Å². The number of halogens is 1. The third-order valence-electron chi connectivity index (χ3n) is 3.03. The highest BCUT2D eigenvalue weighted by Crippen LogP contribution is 2.34. The van der Waals surface area contributed by atoms with Crippen LogP contribution in [0.1, 0.15) is 40.4 Å². The number of ether oxygens (including phenoxy) is 1. The van der Waals surface area contributed by atoms with Crippen LogP contribution in [0.4, 0.5) is 0 Å². The molecule has 0 bridgehead atoms. The molecule has 1 aromatic rings. The molecule has 3 nitrogen and oxygen atoms in total. The number of rotatable bonds is 1. The van der Waals surface area contributed by atoms with Gasteiger partial charge in [-0.3, -0.25) is 0 Å². The largest absolute Gasteiger partial charge is 0.465 e. The Kier molecular flexibility index (Phi) is 3.17. The number of nitrogens with two attached hydrogens (primary N) is 1. The lowest BCUT2D eigenvalue weighted by molar-refractivity contribution is 0.0599. The molecule has 0 aliphatic heterocycles. The summed E-state index contributed by atoms with van der Waals surface area (Å²) in [6.07, 6.45) is 2.78. The molecule has 1 aliphatic carbocycles. The van der Waals surface area contributed by atoms with Gasteiger partial charge in [0.2, 0.25) is 0 Å². The molecule has 0 spiro atoms. The van der Waals surface area contributed by atoms with E-state index in [0.717, 1.165) is 30.4 Å². The summed E-state index contributed by atoms with van der Waals surface area (Å²) in [5.74, 6) is -0.379. The topological polar surface area (TPSA) is 52.3 Å². The van der Waals surface area contributed by atoms with E-state index in [-0.39, 0.29) is 12.0 Å². The number of carbonyl (C=O) groups is 1. The third kappa shape index (κ3) is 1.81. The first-order valence-corrected chi connectivity index (χ1v) is 5.68. The van der Waals surface area contributed by atoms with Gasteiger partial charge in [0.15, 0.2) is 0 Å². The van der Waals surface area contributed by atoms with Crippen molar-refractivity contribution in [2.75, 3.05) is 7.11 Å². The van der Waals surface area contributed by atoms with Gasteiger partial charge in [-0.05, 0) is 36.5 Å². The molecule has 86 valence electrons. The predicted octanol–water partition coefficient (Wildman–Crippen LogP) is 2.46. The maximum Gasteiger partial charge on any atom is 0.339 e. The van der Waals surface area contributed by atoms with Crippen LogP contribution < -0.4 is 5.73 Å². The highest BCUT2D eigenvalue weighted by atomic mass is 35.5. The quantitative estimate of drug-likeness (QED) is 0.766. The first kappa shape index (κ1) is 11.4. The molecule has 1 unspecified atom stereocenters. The molecule has 0 fully saturated rings. The molecule has 1 aromatic carbocycles. The summed E-state index contributed by atoms with van der Waals surface area (Å²) in [5.41, 5.74) is 8.48. The van der Waals surface area contributed by atoms with E-state index in [4.69, 9.17) is 22.1 Å². The lowest BCUT2D eigenvalue weighted by Gasteiger charge is -2.24. The van der Waals surface area contributed by atoms with Crippen LogP contribution >= 0.6 is 11.6 Å². The fourth-order valence-electron chi connectivity index (χ4n) is 2.23. The Bertz CT molecular complexity index is 431. The Labute approximate surface area is 99.5 Å². The average molecular weight is 240 g/mol. The lowest BCUT2D eigenvalue weighted by atomic mass is 9.85. The molecule has 0 radical (unpaired) electrons. The second kappa shape index (κ2) is 4.44. The Morgan fingerprint density at radius 1 is 1.56 bits per heavy atom. The Morgan fingerprint density at radius 2 is 2.31 bits per heavy atom. The molecule has 0 amide bonds. The fraction of sp³-hybridized carbons (Fsp3) is 0.417. The number of carbonyl (C=O) groups excluding carboxylic acids is 1. The standard InChI is InChI=1S/C12H14ClNO2/c1-16-12(15)11-8-3-2-4-10(14)7(8)5-6-9(11)13/h5-6,10H,2-4,14H2,1H3. The maximum absolute atomic E-state index is 11.7. The molecule has 4 heteroatoms. The highest BCUT2D eigenvalue weighted by molar-refractivity contribution is 6.33. The number of esters is 1. The molecule has 1 atom stereocenters. The van der Waals surface area contributed by atoms with Gasteiger partial charge in [-0.25, -0.2) is 4.79 Å². The van der Waals surface area contributed by atoms with Crippen LogP contribution in [0, 0.1) is 0 Å². The second-order valence-corrected chi connectivity index (χ2v) is 4.39. The van der Waals surface area contributed by atoms with E-state index in [0.29, 0.717) is 10.6 Å². The van der Waals surface area contributed by atoms with Crippen LogP contribution in [0.15, 0.2) is 12.1 Å². The van der Waals surface area contributed by atoms with Gasteiger partial charge in [0.1, 0.15) is 0 Å². The van der Waals surface area contributed by atoms with Crippen LogP contribution in [-0.4, -0.2) is 13.1 Å². The Hall–Kier alpha value is -1.06. The van der Waals surface area contributed by atoms with Gasteiger partial charge in [0, 0.05) is 6.04 Å². The van der Waals surface area contributed by atoms with Crippen LogP contribution in [0.3, 0.4) is 0 Å². The van der Waals surface area contributed by atoms with Crippen molar-refractivity contribution in [2.45, 2.75) is 25.3 Å². The monoisotopic (exact) mass is 239 g/mol. The maximum atomic E-state index is 11.7. The summed E-state index contributed by atoms with van der Waals surface area (Å²) < 4.78 is 4.75. The first-order valence-electron chi connectivity index (χ1n) is 5.30. The Morgan fingerprint density at radius 3 is 3.00 bits per heavy atom. The zero-order valence-corrected chi connectivity index (χ0v) is 9.88. The highest BCUT2D eigenvalue weighted by Gasteiger charge is 2.24. The first-order chi connectivity index (χ1) is 7.65. The van der Waals surface area contributed by atoms with Crippen LogP contribution in [0.2, 0.25) is 5.02 Å². The van der Waals surface area contributed by atoms with E-state index in [1.807, 2.05) is 6.07 Å². The normalized spacial score (nSPS) is 19.1. The van der Waals surface area contributed by atoms with Crippen LogP contribution in [0.5, 0.6) is 0 Å². The van der Waals surface area contributed by atoms with E-state index in [2.05, 4.69) is 0 Å². The average Bonchev–Trinajstić information content (AvgIpc) is 2.28. The molecular formula is C12H14ClNO2. The van der Waals surface area contributed by atoms with Gasteiger partial charge in [-0.2, -0.15) is 0 Å². The summed E-state index contributed by atoms with van der Waals surface area (Å²) in [7, 11) is 1.36. The van der Waals surface area contributed by atoms with Crippen LogP contribution in [0.25, 0.3) is 0 Å². The molecular weight excluding hydrogens is 226 g/mol. The molecule has 2 N–H and O–H groups in total. The number of methoxy groups -OCH3 is 1. The number of hydrogen-bond acceptors (Lipinski definition) is 3. The lowest BCUT2D eigenvalue weighted by Crippen LogP contribution is -2.20. The van der Waals surface area contributed by atoms with E-state index in [9.17, 15) is 4.79 Å². The van der Waals surface area contributed by atoms with Gasteiger partial charge >= 0.3 is 5.97 Å². The molecule has 16 heavy (non-hydrogen) atoms. The zero-order valence-electron chi connectivity index (χ0n) is 9.13. The number of benzene rings is 1. The smallest absolute Gasteiger partial charge is 0.339 e. The number of hydrogen-bond donors (Lipinski definition) is 1. The minimum Gasteiger partial charge on any atom is -0.465 e. The molecule has 0 aromatic heterocycles. The van der Waals surface area contributed by atoms with Crippen molar-refractivity contribution >= 4 is 17.6 Å². The van der Waals surface area contributed by atoms with E-state index in [1.54, 1.807) is 6.07 Å². The molecule has 2 rings (SSSR count). The second-order valence-electron chi connectivity index (χ2n) is 3.98. The summed E-state index contributed by atoms with van der Waals surface area (Å²) >= 11 is 6.04. The zero-order chi connectivity index (χ0) is 11.7. The fourth-order valence-corrected chi connectivity index (χ4v) is 2.48. The van der Waals surface area contributed by atoms with Crippen molar-refractivity contribution in [1.82, 2.24) is 0 Å². The van der Waals surface area contributed by atoms with Crippen molar-refractivity contribution in [2.24, 2.45) is 5.73 Å². The van der Waals surface area contributed by atoms with Gasteiger partial charge in [-0.15, -0.1) is 0 Å². The molecule has 0 saturated carbocycles. The third-order valence-corrected chi connectivity index (χ3v) is 3.34. The van der Waals surface area contributed by atoms with Crippen molar-refractivity contribution in [3.05, 3.63) is 33.8 Å². The minimum atomic E-state index is -0.379. The summed E-state index contributed by atoms with van der Waals surface area (Å²) in [4.78, 5) is 11.7. The summed E-state index contributed by atoms with van der Waals surface area (Å²) in [6.45, 7) is 0. The van der Waals surface area contributed by atoms with Crippen molar-refractivity contribution in [3.8, 4) is 0 Å². The molecule has 0 heterocycles. The van der Waals surface area contributed by atoms with Gasteiger partial charge < -0.3 is 10.5 Å². The van der Waals surface area contributed by atoms with E-state index >= 15 is 0 Å². The van der Waals surface area contributed by atoms with Crippen molar-refractivity contribution in [1.29, 1.82) is 0 Å². The summed E-state index contributed by atoms with van der Waals surface area (Å²) in [5, 5.41) is 0.444. The number of fused-ring (bicyclic) bond motifs is 1. The van der Waals surface area contributed by atoms with Gasteiger partial charge in [0.25, 0.3) is 0 Å². The Balaban J connectivity index is 2.58. The van der Waals surface area contributed by atoms with Gasteiger partial charge in [-0.1, -0.05) is 17.7 Å². The molecule has 0 saturated heterocycles. The summed E-state index contributed by atoms with van der Waals surface area (Å²) in [6, 6.07) is 3.63. The van der Waals surface area contributed by atoms with E-state index < -0.39 is 0 Å². The van der Waals surface area contributed by atoms with Gasteiger partial charge in [0.05, 0.1) is 17.7 Å². The van der Waals surface area contributed by atoms with E-state index in [1.165, 1.54) is 7.11 Å².